The predicted molar refractivity (Wildman–Crippen MR) is 50.0 cm³/mol. The average molecular weight is 209 g/mol. The largest absolute Gasteiger partial charge is 0.322 e. The second-order valence-electron chi connectivity index (χ2n) is 4.28. The molecule has 1 rings (SSSR count). The Labute approximate surface area is 78.4 Å². The van der Waals surface area contributed by atoms with E-state index in [9.17, 15) is 12.8 Å². The van der Waals surface area contributed by atoms with E-state index in [-0.39, 0.29) is 24.3 Å². The van der Waals surface area contributed by atoms with Crippen LogP contribution in [-0.2, 0) is 9.84 Å². The summed E-state index contributed by atoms with van der Waals surface area (Å²) in [5.74, 6) is 0.0215. The van der Waals surface area contributed by atoms with E-state index in [1.54, 1.807) is 0 Å². The molecule has 3 nitrogen and oxygen atoms in total. The Hall–Kier alpha value is -0.160. The van der Waals surface area contributed by atoms with Gasteiger partial charge in [0.05, 0.1) is 17.0 Å². The van der Waals surface area contributed by atoms with Crippen molar-refractivity contribution in [3.8, 4) is 0 Å². The smallest absolute Gasteiger partial charge is 0.150 e. The van der Waals surface area contributed by atoms with Gasteiger partial charge in [-0.2, -0.15) is 0 Å². The van der Waals surface area contributed by atoms with E-state index < -0.39 is 21.0 Å². The molecule has 1 aliphatic rings. The molecule has 0 atom stereocenters. The Morgan fingerprint density at radius 1 is 1.31 bits per heavy atom. The van der Waals surface area contributed by atoms with Gasteiger partial charge >= 0.3 is 0 Å². The van der Waals surface area contributed by atoms with Crippen LogP contribution in [0.2, 0.25) is 0 Å². The fourth-order valence-corrected chi connectivity index (χ4v) is 3.05. The van der Waals surface area contributed by atoms with Crippen molar-refractivity contribution in [1.82, 2.24) is 0 Å². The van der Waals surface area contributed by atoms with Crippen LogP contribution in [0.25, 0.3) is 0 Å². The second kappa shape index (κ2) is 2.92. The second-order valence-corrected chi connectivity index (χ2v) is 6.58. The molecule has 78 valence electrons. The molecular weight excluding hydrogens is 193 g/mol. The SMILES string of the molecule is CC(C)(F)C1(N)CCS(=O)(=O)CC1. The standard InChI is InChI=1S/C8H16FNO2S/c1-7(2,9)8(10)3-5-13(11,12)6-4-8/h3-6,10H2,1-2H3. The van der Waals surface area contributed by atoms with Crippen molar-refractivity contribution in [2.75, 3.05) is 11.5 Å². The van der Waals surface area contributed by atoms with Crippen LogP contribution in [0.1, 0.15) is 26.7 Å². The predicted octanol–water partition coefficient (Wildman–Crippen LogP) is 0.641. The maximum absolute atomic E-state index is 13.6. The number of halogens is 1. The van der Waals surface area contributed by atoms with Crippen LogP contribution in [0.15, 0.2) is 0 Å². The fourth-order valence-electron chi connectivity index (χ4n) is 1.50. The van der Waals surface area contributed by atoms with E-state index in [1.807, 2.05) is 0 Å². The number of rotatable bonds is 1. The van der Waals surface area contributed by atoms with E-state index in [1.165, 1.54) is 13.8 Å². The molecule has 0 aromatic carbocycles. The van der Waals surface area contributed by atoms with Gasteiger partial charge in [-0.3, -0.25) is 0 Å². The summed E-state index contributed by atoms with van der Waals surface area (Å²) in [4.78, 5) is 0. The first-order valence-electron chi connectivity index (χ1n) is 4.35. The van der Waals surface area contributed by atoms with Gasteiger partial charge in [0.2, 0.25) is 0 Å². The average Bonchev–Trinajstić information content (AvgIpc) is 1.94. The van der Waals surface area contributed by atoms with Gasteiger partial charge in [-0.25, -0.2) is 12.8 Å². The zero-order valence-corrected chi connectivity index (χ0v) is 8.82. The van der Waals surface area contributed by atoms with E-state index in [0.717, 1.165) is 0 Å². The molecule has 0 saturated carbocycles. The lowest BCUT2D eigenvalue weighted by Crippen LogP contribution is -2.58. The first-order chi connectivity index (χ1) is 5.66. The molecule has 1 saturated heterocycles. The fraction of sp³-hybridized carbons (Fsp3) is 1.00. The van der Waals surface area contributed by atoms with Crippen molar-refractivity contribution < 1.29 is 12.8 Å². The van der Waals surface area contributed by atoms with Gasteiger partial charge in [0.15, 0.2) is 0 Å². The minimum Gasteiger partial charge on any atom is -0.322 e. The molecule has 1 heterocycles. The molecule has 0 bridgehead atoms. The maximum atomic E-state index is 13.6. The quantitative estimate of drug-likeness (QED) is 0.689. The molecule has 5 heteroatoms. The third-order valence-electron chi connectivity index (χ3n) is 2.90. The molecule has 0 aliphatic carbocycles. The highest BCUT2D eigenvalue weighted by molar-refractivity contribution is 7.91. The number of sulfone groups is 1. The van der Waals surface area contributed by atoms with Crippen LogP contribution in [0.3, 0.4) is 0 Å². The van der Waals surface area contributed by atoms with Crippen molar-refractivity contribution in [1.29, 1.82) is 0 Å². The van der Waals surface area contributed by atoms with E-state index >= 15 is 0 Å². The van der Waals surface area contributed by atoms with Gasteiger partial charge in [-0.05, 0) is 26.7 Å². The number of alkyl halides is 1. The zero-order valence-electron chi connectivity index (χ0n) is 8.01. The molecule has 0 radical (unpaired) electrons. The summed E-state index contributed by atoms with van der Waals surface area (Å²) in [7, 11) is -2.96. The highest BCUT2D eigenvalue weighted by Crippen LogP contribution is 2.33. The summed E-state index contributed by atoms with van der Waals surface area (Å²) < 4.78 is 35.8. The van der Waals surface area contributed by atoms with Crippen molar-refractivity contribution in [3.05, 3.63) is 0 Å². The molecule has 0 aromatic rings. The number of nitrogens with two attached hydrogens (primary N) is 1. The monoisotopic (exact) mass is 209 g/mol. The van der Waals surface area contributed by atoms with Crippen LogP contribution in [0.5, 0.6) is 0 Å². The first kappa shape index (κ1) is 10.9. The minimum atomic E-state index is -2.96. The molecule has 2 N–H and O–H groups in total. The molecule has 0 aromatic heterocycles. The summed E-state index contributed by atoms with van der Waals surface area (Å²) in [6.45, 7) is 2.82. The normalized spacial score (nSPS) is 27.1. The van der Waals surface area contributed by atoms with Gasteiger partial charge in [0.1, 0.15) is 15.5 Å². The Kier molecular flexibility index (Phi) is 2.45. The Morgan fingerprint density at radius 3 is 2.00 bits per heavy atom. The summed E-state index contributed by atoms with van der Waals surface area (Å²) in [6.07, 6.45) is 0.442. The van der Waals surface area contributed by atoms with Crippen molar-refractivity contribution in [2.45, 2.75) is 37.9 Å². The minimum absolute atomic E-state index is 0.0108. The maximum Gasteiger partial charge on any atom is 0.150 e. The number of hydrogen-bond donors (Lipinski definition) is 1. The van der Waals surface area contributed by atoms with E-state index in [2.05, 4.69) is 0 Å². The van der Waals surface area contributed by atoms with Crippen molar-refractivity contribution in [2.24, 2.45) is 5.73 Å². The van der Waals surface area contributed by atoms with E-state index in [4.69, 9.17) is 5.73 Å². The molecular formula is C8H16FNO2S. The zero-order chi connectivity index (χ0) is 10.3. The molecule has 0 amide bonds. The van der Waals surface area contributed by atoms with Crippen LogP contribution in [-0.4, -0.2) is 31.1 Å². The third-order valence-corrected chi connectivity index (χ3v) is 4.55. The van der Waals surface area contributed by atoms with Gasteiger partial charge in [0, 0.05) is 0 Å². The molecule has 0 spiro atoms. The van der Waals surface area contributed by atoms with Gasteiger partial charge < -0.3 is 5.73 Å². The molecule has 1 aliphatic heterocycles. The molecule has 13 heavy (non-hydrogen) atoms. The first-order valence-corrected chi connectivity index (χ1v) is 6.17. The van der Waals surface area contributed by atoms with Crippen LogP contribution in [0, 0.1) is 0 Å². The molecule has 1 fully saturated rings. The van der Waals surface area contributed by atoms with Gasteiger partial charge in [0.25, 0.3) is 0 Å². The van der Waals surface area contributed by atoms with Crippen LogP contribution >= 0.6 is 0 Å². The van der Waals surface area contributed by atoms with Crippen LogP contribution in [0.4, 0.5) is 4.39 Å². The summed E-state index contributed by atoms with van der Waals surface area (Å²) in [5.41, 5.74) is 3.33. The summed E-state index contributed by atoms with van der Waals surface area (Å²) in [6, 6.07) is 0. The summed E-state index contributed by atoms with van der Waals surface area (Å²) in [5, 5.41) is 0. The van der Waals surface area contributed by atoms with Gasteiger partial charge in [-0.1, -0.05) is 0 Å². The highest BCUT2D eigenvalue weighted by Gasteiger charge is 2.45. The summed E-state index contributed by atoms with van der Waals surface area (Å²) >= 11 is 0. The topological polar surface area (TPSA) is 60.2 Å². The lowest BCUT2D eigenvalue weighted by atomic mass is 9.80. The number of hydrogen-bond acceptors (Lipinski definition) is 3. The van der Waals surface area contributed by atoms with Crippen LogP contribution < -0.4 is 5.73 Å². The Balaban J connectivity index is 2.79. The third kappa shape index (κ3) is 2.20. The van der Waals surface area contributed by atoms with Crippen molar-refractivity contribution in [3.63, 3.8) is 0 Å². The molecule has 0 unspecified atom stereocenters. The van der Waals surface area contributed by atoms with E-state index in [0.29, 0.717) is 0 Å². The lowest BCUT2D eigenvalue weighted by molar-refractivity contribution is 0.0848. The van der Waals surface area contributed by atoms with Crippen molar-refractivity contribution >= 4 is 9.84 Å². The highest BCUT2D eigenvalue weighted by atomic mass is 32.2. The lowest BCUT2D eigenvalue weighted by Gasteiger charge is -2.40. The Bertz CT molecular complexity index is 278. The Morgan fingerprint density at radius 2 is 1.69 bits per heavy atom. The van der Waals surface area contributed by atoms with Gasteiger partial charge in [-0.15, -0.1) is 0 Å².